The smallest absolute Gasteiger partial charge is 0.240 e. The molecule has 0 amide bonds. The molecule has 0 fully saturated rings. The van der Waals surface area contributed by atoms with Crippen LogP contribution in [0.3, 0.4) is 0 Å². The normalized spacial score (nSPS) is 11.4. The summed E-state index contributed by atoms with van der Waals surface area (Å²) in [6.45, 7) is 0.346. The van der Waals surface area contributed by atoms with Crippen molar-refractivity contribution < 1.29 is 12.9 Å². The zero-order chi connectivity index (χ0) is 13.2. The highest BCUT2D eigenvalue weighted by Crippen LogP contribution is 2.26. The molecular formula is C10H12N4O3S. The number of nitrogens with two attached hydrogens (primary N) is 2. The van der Waals surface area contributed by atoms with Crippen LogP contribution in [0.4, 0.5) is 11.4 Å². The molecule has 0 spiro atoms. The van der Waals surface area contributed by atoms with Gasteiger partial charge in [-0.2, -0.15) is 0 Å². The lowest BCUT2D eigenvalue weighted by atomic mass is 10.2. The predicted molar refractivity (Wildman–Crippen MR) is 66.1 cm³/mol. The van der Waals surface area contributed by atoms with Crippen molar-refractivity contribution in [2.45, 2.75) is 11.4 Å². The predicted octanol–water partition coefficient (Wildman–Crippen LogP) is 0.516. The van der Waals surface area contributed by atoms with Gasteiger partial charge < -0.3 is 15.6 Å². The topological polar surface area (TPSA) is 124 Å². The summed E-state index contributed by atoms with van der Waals surface area (Å²) in [7, 11) is -3.83. The molecule has 1 heterocycles. The Morgan fingerprint density at radius 1 is 1.33 bits per heavy atom. The molecular weight excluding hydrogens is 256 g/mol. The number of nitrogens with zero attached hydrogens (tertiary/aromatic N) is 1. The number of rotatable bonds is 4. The van der Waals surface area contributed by atoms with E-state index in [1.807, 2.05) is 0 Å². The van der Waals surface area contributed by atoms with Crippen LogP contribution >= 0.6 is 0 Å². The van der Waals surface area contributed by atoms with Crippen LogP contribution in [0, 0.1) is 0 Å². The molecule has 0 bridgehead atoms. The Morgan fingerprint density at radius 3 is 2.72 bits per heavy atom. The summed E-state index contributed by atoms with van der Waals surface area (Å²) in [5.74, 6) is 0.607. The minimum Gasteiger partial charge on any atom is -0.396 e. The molecule has 8 heteroatoms. The van der Waals surface area contributed by atoms with Crippen molar-refractivity contribution in [3.63, 3.8) is 0 Å². The third-order valence-corrected chi connectivity index (χ3v) is 3.29. The quantitative estimate of drug-likeness (QED) is 0.694. The van der Waals surface area contributed by atoms with Crippen LogP contribution in [0.25, 0.3) is 0 Å². The number of nitrogen functional groups attached to an aromatic ring is 1. The van der Waals surface area contributed by atoms with Crippen LogP contribution in [0.5, 0.6) is 0 Å². The fourth-order valence-corrected chi connectivity index (χ4v) is 2.15. The molecule has 7 nitrogen and oxygen atoms in total. The van der Waals surface area contributed by atoms with Crippen molar-refractivity contribution in [3.8, 4) is 0 Å². The third kappa shape index (κ3) is 2.60. The number of aromatic nitrogens is 1. The van der Waals surface area contributed by atoms with Crippen molar-refractivity contribution in [3.05, 3.63) is 36.2 Å². The highest BCUT2D eigenvalue weighted by atomic mass is 32.2. The van der Waals surface area contributed by atoms with E-state index in [2.05, 4.69) is 10.5 Å². The van der Waals surface area contributed by atoms with Gasteiger partial charge in [-0.05, 0) is 12.1 Å². The standard InChI is InChI=1S/C10H12N4O3S/c11-10-8(13-6-7-4-5-14-17-7)2-1-3-9(10)18(12,15)16/h1-5,13H,6,11H2,(H2,12,15,16). The molecule has 2 aromatic rings. The lowest BCUT2D eigenvalue weighted by Crippen LogP contribution is -2.15. The summed E-state index contributed by atoms with van der Waals surface area (Å²) in [5.41, 5.74) is 6.29. The van der Waals surface area contributed by atoms with Gasteiger partial charge in [-0.25, -0.2) is 13.6 Å². The Bertz CT molecular complexity index is 637. The average molecular weight is 268 g/mol. The molecule has 0 aliphatic heterocycles. The fraction of sp³-hybridized carbons (Fsp3) is 0.100. The molecule has 0 aliphatic rings. The van der Waals surface area contributed by atoms with Crippen molar-refractivity contribution in [1.82, 2.24) is 5.16 Å². The van der Waals surface area contributed by atoms with E-state index < -0.39 is 10.0 Å². The van der Waals surface area contributed by atoms with Crippen LogP contribution in [0.15, 0.2) is 39.9 Å². The van der Waals surface area contributed by atoms with Crippen LogP contribution in [0.1, 0.15) is 5.76 Å². The number of hydrogen-bond donors (Lipinski definition) is 3. The second kappa shape index (κ2) is 4.67. The molecule has 0 saturated carbocycles. The molecule has 96 valence electrons. The van der Waals surface area contributed by atoms with E-state index in [4.69, 9.17) is 15.4 Å². The van der Waals surface area contributed by atoms with Crippen molar-refractivity contribution in [2.24, 2.45) is 5.14 Å². The van der Waals surface area contributed by atoms with E-state index in [1.165, 1.54) is 12.3 Å². The Kier molecular flexibility index (Phi) is 3.21. The maximum atomic E-state index is 11.3. The van der Waals surface area contributed by atoms with Gasteiger partial charge in [0, 0.05) is 6.07 Å². The zero-order valence-electron chi connectivity index (χ0n) is 9.33. The van der Waals surface area contributed by atoms with Gasteiger partial charge >= 0.3 is 0 Å². The zero-order valence-corrected chi connectivity index (χ0v) is 10.1. The van der Waals surface area contributed by atoms with Crippen molar-refractivity contribution >= 4 is 21.4 Å². The lowest BCUT2D eigenvalue weighted by molar-refractivity contribution is 0.388. The highest BCUT2D eigenvalue weighted by molar-refractivity contribution is 7.89. The maximum absolute atomic E-state index is 11.3. The van der Waals surface area contributed by atoms with Crippen LogP contribution in [-0.2, 0) is 16.6 Å². The SMILES string of the molecule is Nc1c(NCc2ccno2)cccc1S(N)(=O)=O. The second-order valence-corrected chi connectivity index (χ2v) is 5.12. The molecule has 5 N–H and O–H groups in total. The Balaban J connectivity index is 2.24. The van der Waals surface area contributed by atoms with E-state index >= 15 is 0 Å². The first-order valence-corrected chi connectivity index (χ1v) is 6.58. The Labute approximate surface area is 104 Å². The molecule has 1 aromatic carbocycles. The molecule has 0 atom stereocenters. The fourth-order valence-electron chi connectivity index (χ4n) is 1.46. The molecule has 18 heavy (non-hydrogen) atoms. The van der Waals surface area contributed by atoms with E-state index in [9.17, 15) is 8.42 Å². The summed E-state index contributed by atoms with van der Waals surface area (Å²) >= 11 is 0. The minimum absolute atomic E-state index is 0.0829. The number of hydrogen-bond acceptors (Lipinski definition) is 6. The lowest BCUT2D eigenvalue weighted by Gasteiger charge is -2.10. The highest BCUT2D eigenvalue weighted by Gasteiger charge is 2.14. The van der Waals surface area contributed by atoms with Gasteiger partial charge in [0.25, 0.3) is 0 Å². The number of sulfonamides is 1. The number of para-hydroxylation sites is 1. The largest absolute Gasteiger partial charge is 0.396 e. The van der Waals surface area contributed by atoms with Gasteiger partial charge in [-0.15, -0.1) is 0 Å². The van der Waals surface area contributed by atoms with Gasteiger partial charge in [0.1, 0.15) is 4.90 Å². The third-order valence-electron chi connectivity index (χ3n) is 2.32. The average Bonchev–Trinajstić information content (AvgIpc) is 2.79. The summed E-state index contributed by atoms with van der Waals surface area (Å²) in [6, 6.07) is 6.25. The molecule has 2 rings (SSSR count). The molecule has 0 radical (unpaired) electrons. The van der Waals surface area contributed by atoms with Crippen LogP contribution in [0.2, 0.25) is 0 Å². The van der Waals surface area contributed by atoms with Crippen molar-refractivity contribution in [1.29, 1.82) is 0 Å². The first-order chi connectivity index (χ1) is 8.48. The van der Waals surface area contributed by atoms with Gasteiger partial charge in [0.05, 0.1) is 24.1 Å². The van der Waals surface area contributed by atoms with E-state index in [0.717, 1.165) is 0 Å². The first kappa shape index (κ1) is 12.4. The Hall–Kier alpha value is -2.06. The van der Waals surface area contributed by atoms with Gasteiger partial charge in [-0.1, -0.05) is 11.2 Å². The van der Waals surface area contributed by atoms with Gasteiger partial charge in [-0.3, -0.25) is 0 Å². The van der Waals surface area contributed by atoms with Crippen LogP contribution in [-0.4, -0.2) is 13.6 Å². The minimum atomic E-state index is -3.83. The monoisotopic (exact) mass is 268 g/mol. The summed E-state index contributed by atoms with van der Waals surface area (Å²) in [6.07, 6.45) is 1.52. The molecule has 0 unspecified atom stereocenters. The molecule has 0 saturated heterocycles. The molecule has 1 aromatic heterocycles. The van der Waals surface area contributed by atoms with Crippen molar-refractivity contribution in [2.75, 3.05) is 11.1 Å². The molecule has 0 aliphatic carbocycles. The van der Waals surface area contributed by atoms with E-state index in [1.54, 1.807) is 18.2 Å². The summed E-state index contributed by atoms with van der Waals surface area (Å²) in [5, 5.41) is 11.6. The Morgan fingerprint density at radius 2 is 2.11 bits per heavy atom. The van der Waals surface area contributed by atoms with Crippen LogP contribution < -0.4 is 16.2 Å². The number of benzene rings is 1. The first-order valence-electron chi connectivity index (χ1n) is 5.03. The van der Waals surface area contributed by atoms with Gasteiger partial charge in [0.15, 0.2) is 5.76 Å². The summed E-state index contributed by atoms with van der Waals surface area (Å²) < 4.78 is 27.5. The maximum Gasteiger partial charge on any atom is 0.240 e. The van der Waals surface area contributed by atoms with E-state index in [0.29, 0.717) is 18.0 Å². The van der Waals surface area contributed by atoms with Gasteiger partial charge in [0.2, 0.25) is 10.0 Å². The number of nitrogens with one attached hydrogen (secondary N) is 1. The summed E-state index contributed by atoms with van der Waals surface area (Å²) in [4.78, 5) is -0.106. The number of primary sulfonamides is 1. The van der Waals surface area contributed by atoms with E-state index in [-0.39, 0.29) is 10.6 Å². The number of anilines is 2. The second-order valence-electron chi connectivity index (χ2n) is 3.59.